The van der Waals surface area contributed by atoms with Gasteiger partial charge < -0.3 is 9.26 Å². The zero-order valence-corrected chi connectivity index (χ0v) is 10.8. The maximum absolute atomic E-state index is 5.08. The van der Waals surface area contributed by atoms with Crippen LogP contribution in [0.25, 0.3) is 0 Å². The van der Waals surface area contributed by atoms with Gasteiger partial charge in [-0.25, -0.2) is 0 Å². The predicted molar refractivity (Wildman–Crippen MR) is 68.9 cm³/mol. The van der Waals surface area contributed by atoms with Gasteiger partial charge in [0.05, 0.1) is 6.61 Å². The summed E-state index contributed by atoms with van der Waals surface area (Å²) in [5.74, 6) is 0.292. The number of aryl methyl sites for hydroxylation is 1. The molecule has 3 heteroatoms. The fraction of sp³-hybridized carbons (Fsp3) is 0.385. The molecule has 0 aliphatic heterocycles. The topological polar surface area (TPSA) is 18.5 Å². The molecule has 2 atom stereocenters. The molecule has 0 aliphatic carbocycles. The standard InChI is InChI=1S/C13H17O2P/c1-4-14-8-11(3)12-6-5-10(2)13(7-12)9-15-16/h1,5-7,11H,8-9,16H2,2-3H3. The summed E-state index contributed by atoms with van der Waals surface area (Å²) in [5.41, 5.74) is 3.65. The van der Waals surface area contributed by atoms with Crippen LogP contribution >= 0.6 is 9.47 Å². The van der Waals surface area contributed by atoms with Crippen LogP contribution in [0.4, 0.5) is 0 Å². The molecule has 0 fully saturated rings. The Labute approximate surface area is 99.6 Å². The molecule has 0 amide bonds. The highest BCUT2D eigenvalue weighted by Gasteiger charge is 2.08. The zero-order valence-electron chi connectivity index (χ0n) is 9.69. The lowest BCUT2D eigenvalue weighted by Crippen LogP contribution is -2.03. The van der Waals surface area contributed by atoms with Gasteiger partial charge in [0.25, 0.3) is 0 Å². The fourth-order valence-electron chi connectivity index (χ4n) is 1.51. The number of terminal acetylenes is 1. The van der Waals surface area contributed by atoms with Gasteiger partial charge in [0.15, 0.2) is 0 Å². The predicted octanol–water partition coefficient (Wildman–Crippen LogP) is 3.01. The van der Waals surface area contributed by atoms with Crippen molar-refractivity contribution in [2.45, 2.75) is 26.4 Å². The fourth-order valence-corrected chi connectivity index (χ4v) is 1.69. The van der Waals surface area contributed by atoms with E-state index in [1.807, 2.05) is 0 Å². The van der Waals surface area contributed by atoms with Crippen LogP contribution < -0.4 is 0 Å². The van der Waals surface area contributed by atoms with Gasteiger partial charge in [-0.2, -0.15) is 0 Å². The van der Waals surface area contributed by atoms with Crippen LogP contribution in [0.5, 0.6) is 0 Å². The molecule has 0 aromatic heterocycles. The smallest absolute Gasteiger partial charge is 0.107 e. The van der Waals surface area contributed by atoms with Crippen LogP contribution in [0.2, 0.25) is 0 Å². The van der Waals surface area contributed by atoms with Crippen LogP contribution in [0, 0.1) is 19.5 Å². The van der Waals surface area contributed by atoms with Crippen molar-refractivity contribution in [3.05, 3.63) is 34.9 Å². The third-order valence-electron chi connectivity index (χ3n) is 2.60. The van der Waals surface area contributed by atoms with Gasteiger partial charge in [0.2, 0.25) is 0 Å². The molecule has 1 aromatic carbocycles. The molecular weight excluding hydrogens is 219 g/mol. The Kier molecular flexibility index (Phi) is 5.32. The van der Waals surface area contributed by atoms with Crippen molar-refractivity contribution in [3.63, 3.8) is 0 Å². The van der Waals surface area contributed by atoms with E-state index in [2.05, 4.69) is 47.6 Å². The van der Waals surface area contributed by atoms with E-state index in [1.165, 1.54) is 16.7 Å². The first-order valence-electron chi connectivity index (χ1n) is 5.17. The second kappa shape index (κ2) is 6.53. The largest absolute Gasteiger partial charge is 0.446 e. The molecule has 0 saturated carbocycles. The summed E-state index contributed by atoms with van der Waals surface area (Å²) >= 11 is 0. The molecule has 0 spiro atoms. The van der Waals surface area contributed by atoms with Crippen LogP contribution in [0.15, 0.2) is 18.2 Å². The molecule has 0 saturated heterocycles. The summed E-state index contributed by atoms with van der Waals surface area (Å²) in [5, 5.41) is 0. The van der Waals surface area contributed by atoms with Crippen LogP contribution in [0.1, 0.15) is 29.5 Å². The highest BCUT2D eigenvalue weighted by Crippen LogP contribution is 2.20. The summed E-state index contributed by atoms with van der Waals surface area (Å²) in [6.45, 7) is 5.31. The number of hydrogen-bond donors (Lipinski definition) is 0. The molecule has 0 N–H and O–H groups in total. The van der Waals surface area contributed by atoms with Gasteiger partial charge in [-0.3, -0.25) is 0 Å². The lowest BCUT2D eigenvalue weighted by atomic mass is 9.97. The minimum absolute atomic E-state index is 0.292. The second-order valence-electron chi connectivity index (χ2n) is 3.83. The number of ether oxygens (including phenoxy) is 1. The normalized spacial score (nSPS) is 11.9. The van der Waals surface area contributed by atoms with E-state index in [4.69, 9.17) is 15.7 Å². The number of hydrogen-bond acceptors (Lipinski definition) is 2. The summed E-state index contributed by atoms with van der Waals surface area (Å²) < 4.78 is 10.0. The van der Waals surface area contributed by atoms with Crippen LogP contribution in [-0.2, 0) is 15.9 Å². The van der Waals surface area contributed by atoms with Gasteiger partial charge in [-0.05, 0) is 23.6 Å². The minimum Gasteiger partial charge on any atom is -0.446 e. The van der Waals surface area contributed by atoms with E-state index in [9.17, 15) is 0 Å². The minimum atomic E-state index is 0.292. The highest BCUT2D eigenvalue weighted by atomic mass is 31.0. The Morgan fingerprint density at radius 3 is 2.88 bits per heavy atom. The highest BCUT2D eigenvalue weighted by molar-refractivity contribution is 7.09. The first kappa shape index (κ1) is 13.0. The molecule has 0 bridgehead atoms. The first-order valence-corrected chi connectivity index (χ1v) is 5.64. The molecular formula is C13H17O2P. The van der Waals surface area contributed by atoms with E-state index in [0.29, 0.717) is 19.1 Å². The van der Waals surface area contributed by atoms with E-state index in [0.717, 1.165) is 0 Å². The van der Waals surface area contributed by atoms with Crippen LogP contribution in [0.3, 0.4) is 0 Å². The van der Waals surface area contributed by atoms with E-state index in [1.54, 1.807) is 0 Å². The first-order chi connectivity index (χ1) is 7.69. The molecule has 0 aliphatic rings. The van der Waals surface area contributed by atoms with Gasteiger partial charge in [0, 0.05) is 15.4 Å². The molecule has 2 nitrogen and oxygen atoms in total. The lowest BCUT2D eigenvalue weighted by Gasteiger charge is -2.13. The summed E-state index contributed by atoms with van der Waals surface area (Å²) in [6.07, 6.45) is 7.25. The molecule has 1 aromatic rings. The van der Waals surface area contributed by atoms with Gasteiger partial charge >= 0.3 is 0 Å². The molecule has 0 heterocycles. The zero-order chi connectivity index (χ0) is 12.0. The maximum Gasteiger partial charge on any atom is 0.107 e. The summed E-state index contributed by atoms with van der Waals surface area (Å²) in [6, 6.07) is 6.34. The average Bonchev–Trinajstić information content (AvgIpc) is 2.29. The van der Waals surface area contributed by atoms with Gasteiger partial charge in [0.1, 0.15) is 12.7 Å². The molecule has 2 unspecified atom stereocenters. The third kappa shape index (κ3) is 3.52. The number of rotatable bonds is 5. The Morgan fingerprint density at radius 2 is 2.25 bits per heavy atom. The van der Waals surface area contributed by atoms with Gasteiger partial charge in [-0.1, -0.05) is 31.5 Å². The maximum atomic E-state index is 5.08. The van der Waals surface area contributed by atoms with Crippen molar-refractivity contribution < 1.29 is 9.26 Å². The Morgan fingerprint density at radius 1 is 1.50 bits per heavy atom. The second-order valence-corrected chi connectivity index (χ2v) is 4.16. The number of benzene rings is 1. The van der Waals surface area contributed by atoms with Crippen molar-refractivity contribution in [1.29, 1.82) is 0 Å². The lowest BCUT2D eigenvalue weighted by molar-refractivity contribution is 0.258. The summed E-state index contributed by atoms with van der Waals surface area (Å²) in [4.78, 5) is 0. The quantitative estimate of drug-likeness (QED) is 0.578. The van der Waals surface area contributed by atoms with Crippen molar-refractivity contribution >= 4 is 9.47 Å². The van der Waals surface area contributed by atoms with Crippen molar-refractivity contribution in [1.82, 2.24) is 0 Å². The van der Waals surface area contributed by atoms with Crippen molar-refractivity contribution in [3.8, 4) is 12.5 Å². The van der Waals surface area contributed by atoms with E-state index in [-0.39, 0.29) is 0 Å². The monoisotopic (exact) mass is 236 g/mol. The molecule has 1 rings (SSSR count). The Bertz CT molecular complexity index is 382. The molecule has 16 heavy (non-hydrogen) atoms. The van der Waals surface area contributed by atoms with Crippen LogP contribution in [-0.4, -0.2) is 6.61 Å². The van der Waals surface area contributed by atoms with E-state index < -0.39 is 0 Å². The SMILES string of the molecule is C#COCC(C)c1ccc(C)c(COP)c1. The Hall–Kier alpha value is -1.03. The average molecular weight is 236 g/mol. The van der Waals surface area contributed by atoms with Gasteiger partial charge in [-0.15, -0.1) is 0 Å². The van der Waals surface area contributed by atoms with Crippen molar-refractivity contribution in [2.75, 3.05) is 6.61 Å². The third-order valence-corrected chi connectivity index (χ3v) is 2.76. The van der Waals surface area contributed by atoms with E-state index >= 15 is 0 Å². The molecule has 86 valence electrons. The Balaban J connectivity index is 2.81. The van der Waals surface area contributed by atoms with Crippen molar-refractivity contribution in [2.24, 2.45) is 0 Å². The molecule has 0 radical (unpaired) electrons. The summed E-state index contributed by atoms with van der Waals surface area (Å²) in [7, 11) is 2.27.